The predicted molar refractivity (Wildman–Crippen MR) is 71.6 cm³/mol. The van der Waals surface area contributed by atoms with Gasteiger partial charge in [-0.15, -0.1) is 0 Å². The maximum atomic E-state index is 11.3. The summed E-state index contributed by atoms with van der Waals surface area (Å²) in [4.78, 5) is 13.7. The number of para-hydroxylation sites is 1. The van der Waals surface area contributed by atoms with Gasteiger partial charge >= 0.3 is 0 Å². The Balaban J connectivity index is 1.77. The van der Waals surface area contributed by atoms with Crippen LogP contribution < -0.4 is 10.2 Å². The van der Waals surface area contributed by atoms with Gasteiger partial charge in [0.15, 0.2) is 0 Å². The molecule has 0 aromatic heterocycles. The van der Waals surface area contributed by atoms with E-state index >= 15 is 0 Å². The van der Waals surface area contributed by atoms with E-state index in [2.05, 4.69) is 34.5 Å². The molecule has 1 aliphatic heterocycles. The van der Waals surface area contributed by atoms with Gasteiger partial charge in [0.05, 0.1) is 0 Å². The van der Waals surface area contributed by atoms with Crippen LogP contribution >= 0.6 is 0 Å². The third-order valence-electron chi connectivity index (χ3n) is 3.27. The van der Waals surface area contributed by atoms with Crippen molar-refractivity contribution in [2.75, 3.05) is 38.3 Å². The second-order valence-electron chi connectivity index (χ2n) is 4.67. The van der Waals surface area contributed by atoms with Crippen LogP contribution in [0, 0.1) is 5.92 Å². The summed E-state index contributed by atoms with van der Waals surface area (Å²) in [5, 5.41) is 2.91. The van der Waals surface area contributed by atoms with E-state index in [1.165, 1.54) is 12.8 Å². The van der Waals surface area contributed by atoms with Crippen molar-refractivity contribution in [1.82, 2.24) is 5.32 Å². The van der Waals surface area contributed by atoms with Gasteiger partial charge in [-0.25, -0.2) is 0 Å². The normalized spacial score (nSPS) is 18.9. The lowest BCUT2D eigenvalue weighted by molar-refractivity contribution is -0.124. The van der Waals surface area contributed by atoms with Gasteiger partial charge in [-0.2, -0.15) is 0 Å². The van der Waals surface area contributed by atoms with Crippen LogP contribution in [0.5, 0.6) is 0 Å². The molecule has 4 heteroatoms. The van der Waals surface area contributed by atoms with Gasteiger partial charge in [0, 0.05) is 32.4 Å². The van der Waals surface area contributed by atoms with Crippen molar-refractivity contribution in [2.24, 2.45) is 5.92 Å². The summed E-state index contributed by atoms with van der Waals surface area (Å²) in [6.45, 7) is 2.97. The molecule has 1 amide bonds. The fourth-order valence-corrected chi connectivity index (χ4v) is 2.31. The Hall–Kier alpha value is -1.55. The number of rotatable bonds is 5. The van der Waals surface area contributed by atoms with E-state index in [0.717, 1.165) is 26.1 Å². The molecule has 1 N–H and O–H groups in total. The molecule has 1 aromatic carbocycles. The molecular weight excluding hydrogens is 228 g/mol. The lowest BCUT2D eigenvalue weighted by Crippen LogP contribution is -2.33. The van der Waals surface area contributed by atoms with Gasteiger partial charge in [-0.05, 0) is 24.5 Å². The minimum Gasteiger partial charge on any atom is -0.375 e. The van der Waals surface area contributed by atoms with Gasteiger partial charge in [-0.1, -0.05) is 18.2 Å². The molecule has 0 radical (unpaired) electrons. The summed E-state index contributed by atoms with van der Waals surface area (Å²) in [7, 11) is 1.53. The van der Waals surface area contributed by atoms with E-state index < -0.39 is 0 Å². The summed E-state index contributed by atoms with van der Waals surface area (Å²) in [6, 6.07) is 10.4. The van der Waals surface area contributed by atoms with Crippen LogP contribution in [-0.4, -0.2) is 39.3 Å². The molecule has 0 spiro atoms. The van der Waals surface area contributed by atoms with Gasteiger partial charge < -0.3 is 15.0 Å². The first-order valence-electron chi connectivity index (χ1n) is 6.35. The second kappa shape index (κ2) is 6.40. The Morgan fingerprint density at radius 3 is 2.94 bits per heavy atom. The molecule has 18 heavy (non-hydrogen) atoms. The minimum absolute atomic E-state index is 0.0318. The summed E-state index contributed by atoms with van der Waals surface area (Å²) >= 11 is 0. The van der Waals surface area contributed by atoms with Crippen LogP contribution in [-0.2, 0) is 9.53 Å². The van der Waals surface area contributed by atoms with Crippen molar-refractivity contribution < 1.29 is 9.53 Å². The maximum absolute atomic E-state index is 11.3. The number of amides is 1. The number of carbonyl (C=O) groups is 1. The lowest BCUT2D eigenvalue weighted by Gasteiger charge is -2.18. The monoisotopic (exact) mass is 248 g/mol. The highest BCUT2D eigenvalue weighted by Gasteiger charge is 2.22. The topological polar surface area (TPSA) is 41.6 Å². The number of ether oxygens (including phenoxy) is 1. The Labute approximate surface area is 108 Å². The Morgan fingerprint density at radius 2 is 2.22 bits per heavy atom. The number of anilines is 1. The first-order valence-corrected chi connectivity index (χ1v) is 6.35. The average molecular weight is 248 g/mol. The molecule has 2 rings (SSSR count). The predicted octanol–water partition coefficient (Wildman–Crippen LogP) is 1.28. The van der Waals surface area contributed by atoms with E-state index in [1.807, 2.05) is 6.07 Å². The van der Waals surface area contributed by atoms with Crippen LogP contribution in [0.1, 0.15) is 6.42 Å². The van der Waals surface area contributed by atoms with Crippen molar-refractivity contribution in [3.63, 3.8) is 0 Å². The third-order valence-corrected chi connectivity index (χ3v) is 3.27. The number of carbonyl (C=O) groups excluding carboxylic acids is 1. The molecule has 4 nitrogen and oxygen atoms in total. The van der Waals surface area contributed by atoms with E-state index in [1.54, 1.807) is 0 Å². The summed E-state index contributed by atoms with van der Waals surface area (Å²) < 4.78 is 4.79. The SMILES string of the molecule is COCC(=O)NCC1CCN(c2ccccc2)C1. The fraction of sp³-hybridized carbons (Fsp3) is 0.500. The van der Waals surface area contributed by atoms with Gasteiger partial charge in [0.1, 0.15) is 6.61 Å². The molecule has 98 valence electrons. The van der Waals surface area contributed by atoms with Crippen molar-refractivity contribution in [1.29, 1.82) is 0 Å². The average Bonchev–Trinajstić information content (AvgIpc) is 2.87. The summed E-state index contributed by atoms with van der Waals surface area (Å²) in [5.74, 6) is 0.502. The number of nitrogens with zero attached hydrogens (tertiary/aromatic N) is 1. The van der Waals surface area contributed by atoms with Gasteiger partial charge in [0.2, 0.25) is 5.91 Å². The number of nitrogens with one attached hydrogen (secondary N) is 1. The molecular formula is C14H20N2O2. The third kappa shape index (κ3) is 3.47. The van der Waals surface area contributed by atoms with Crippen LogP contribution in [0.2, 0.25) is 0 Å². The molecule has 0 bridgehead atoms. The maximum Gasteiger partial charge on any atom is 0.245 e. The molecule has 1 atom stereocenters. The highest BCUT2D eigenvalue weighted by atomic mass is 16.5. The molecule has 0 saturated carbocycles. The number of hydrogen-bond acceptors (Lipinski definition) is 3. The molecule has 1 aliphatic rings. The lowest BCUT2D eigenvalue weighted by atomic mass is 10.1. The quantitative estimate of drug-likeness (QED) is 0.853. The first kappa shape index (κ1) is 12.9. The van der Waals surface area contributed by atoms with Crippen LogP contribution in [0.15, 0.2) is 30.3 Å². The standard InChI is InChI=1S/C14H20N2O2/c1-18-11-14(17)15-9-12-7-8-16(10-12)13-5-3-2-4-6-13/h2-6,12H,7-11H2,1H3,(H,15,17). The van der Waals surface area contributed by atoms with E-state index in [9.17, 15) is 4.79 Å². The largest absolute Gasteiger partial charge is 0.375 e. The fourth-order valence-electron chi connectivity index (χ4n) is 2.31. The Bertz CT molecular complexity index is 381. The van der Waals surface area contributed by atoms with Crippen LogP contribution in [0.4, 0.5) is 5.69 Å². The second-order valence-corrected chi connectivity index (χ2v) is 4.67. The summed E-state index contributed by atoms with van der Waals surface area (Å²) in [5.41, 5.74) is 1.27. The number of hydrogen-bond donors (Lipinski definition) is 1. The number of methoxy groups -OCH3 is 1. The minimum atomic E-state index is -0.0318. The first-order chi connectivity index (χ1) is 8.79. The molecule has 1 saturated heterocycles. The Kier molecular flexibility index (Phi) is 4.59. The van der Waals surface area contributed by atoms with E-state index in [-0.39, 0.29) is 12.5 Å². The zero-order chi connectivity index (χ0) is 12.8. The van der Waals surface area contributed by atoms with Crippen molar-refractivity contribution >= 4 is 11.6 Å². The van der Waals surface area contributed by atoms with Crippen LogP contribution in [0.25, 0.3) is 0 Å². The highest BCUT2D eigenvalue weighted by Crippen LogP contribution is 2.22. The number of benzene rings is 1. The van der Waals surface area contributed by atoms with Crippen molar-refractivity contribution in [3.8, 4) is 0 Å². The molecule has 1 aromatic rings. The molecule has 1 fully saturated rings. The highest BCUT2D eigenvalue weighted by molar-refractivity contribution is 5.77. The zero-order valence-electron chi connectivity index (χ0n) is 10.8. The van der Waals surface area contributed by atoms with E-state index in [0.29, 0.717) is 5.92 Å². The molecule has 1 unspecified atom stereocenters. The van der Waals surface area contributed by atoms with Crippen molar-refractivity contribution in [3.05, 3.63) is 30.3 Å². The van der Waals surface area contributed by atoms with E-state index in [4.69, 9.17) is 4.74 Å². The molecule has 0 aliphatic carbocycles. The van der Waals surface area contributed by atoms with Crippen LogP contribution in [0.3, 0.4) is 0 Å². The summed E-state index contributed by atoms with van der Waals surface area (Å²) in [6.07, 6.45) is 1.13. The van der Waals surface area contributed by atoms with Crippen molar-refractivity contribution in [2.45, 2.75) is 6.42 Å². The van der Waals surface area contributed by atoms with Gasteiger partial charge in [0.25, 0.3) is 0 Å². The molecule has 1 heterocycles. The Morgan fingerprint density at radius 1 is 1.44 bits per heavy atom. The zero-order valence-corrected chi connectivity index (χ0v) is 10.8. The smallest absolute Gasteiger partial charge is 0.245 e. The van der Waals surface area contributed by atoms with Gasteiger partial charge in [-0.3, -0.25) is 4.79 Å².